The molecule has 32 heavy (non-hydrogen) atoms. The van der Waals surface area contributed by atoms with E-state index in [-0.39, 0.29) is 35.4 Å². The van der Waals surface area contributed by atoms with Crippen LogP contribution in [0.15, 0.2) is 24.3 Å². The lowest BCUT2D eigenvalue weighted by Crippen LogP contribution is -2.48. The Bertz CT molecular complexity index is 969. The van der Waals surface area contributed by atoms with Gasteiger partial charge in [0.05, 0.1) is 17.1 Å². The topological polar surface area (TPSA) is 101 Å². The minimum Gasteiger partial charge on any atom is -0.452 e. The predicted octanol–water partition coefficient (Wildman–Crippen LogP) is 1.92. The van der Waals surface area contributed by atoms with E-state index < -0.39 is 22.4 Å². The van der Waals surface area contributed by atoms with Gasteiger partial charge in [0.25, 0.3) is 5.91 Å². The van der Waals surface area contributed by atoms with Crippen LogP contribution >= 0.6 is 0 Å². The van der Waals surface area contributed by atoms with Crippen LogP contribution in [0.2, 0.25) is 0 Å². The number of sulfone groups is 1. The van der Waals surface area contributed by atoms with E-state index in [0.29, 0.717) is 24.9 Å². The smallest absolute Gasteiger partial charge is 0.338 e. The number of nitrogens with zero attached hydrogens (tertiary/aromatic N) is 2. The van der Waals surface area contributed by atoms with E-state index in [0.717, 1.165) is 44.2 Å². The number of amides is 2. The van der Waals surface area contributed by atoms with Crippen LogP contribution in [0, 0.1) is 0 Å². The first-order chi connectivity index (χ1) is 15.3. The highest BCUT2D eigenvalue weighted by Gasteiger charge is 2.39. The second-order valence-electron chi connectivity index (χ2n) is 8.99. The fraction of sp³-hybridized carbons (Fsp3) is 0.609. The van der Waals surface area contributed by atoms with E-state index in [4.69, 9.17) is 4.74 Å². The SMILES string of the molecule is O=C(OCC(=O)N(C1CCCC1)C1CCS(=O)(=O)C1)c1ccc(CN2CCCC2=O)cc1. The minimum absolute atomic E-state index is 0.00975. The van der Waals surface area contributed by atoms with Crippen molar-refractivity contribution in [2.24, 2.45) is 0 Å². The lowest BCUT2D eigenvalue weighted by atomic mass is 10.1. The van der Waals surface area contributed by atoms with Gasteiger partial charge in [-0.25, -0.2) is 13.2 Å². The Morgan fingerprint density at radius 1 is 1.03 bits per heavy atom. The molecule has 2 aliphatic heterocycles. The Kier molecular flexibility index (Phi) is 6.83. The summed E-state index contributed by atoms with van der Waals surface area (Å²) in [4.78, 5) is 40.7. The molecule has 1 aliphatic carbocycles. The maximum Gasteiger partial charge on any atom is 0.338 e. The Labute approximate surface area is 188 Å². The van der Waals surface area contributed by atoms with E-state index >= 15 is 0 Å². The second-order valence-corrected chi connectivity index (χ2v) is 11.2. The maximum absolute atomic E-state index is 13.0. The van der Waals surface area contributed by atoms with E-state index in [1.165, 1.54) is 0 Å². The molecule has 174 valence electrons. The summed E-state index contributed by atoms with van der Waals surface area (Å²) in [6.07, 6.45) is 5.66. The molecule has 1 saturated carbocycles. The van der Waals surface area contributed by atoms with Crippen LogP contribution in [0.4, 0.5) is 0 Å². The molecule has 2 amide bonds. The van der Waals surface area contributed by atoms with Crippen LogP contribution < -0.4 is 0 Å². The number of likely N-dealkylation sites (tertiary alicyclic amines) is 1. The first-order valence-electron chi connectivity index (χ1n) is 11.4. The molecular formula is C23H30N2O6S. The van der Waals surface area contributed by atoms with Crippen LogP contribution in [0.3, 0.4) is 0 Å². The van der Waals surface area contributed by atoms with Crippen molar-refractivity contribution in [3.63, 3.8) is 0 Å². The van der Waals surface area contributed by atoms with Crippen LogP contribution in [0.25, 0.3) is 0 Å². The van der Waals surface area contributed by atoms with Crippen LogP contribution in [-0.4, -0.2) is 72.7 Å². The molecule has 0 spiro atoms. The van der Waals surface area contributed by atoms with Gasteiger partial charge in [0.15, 0.2) is 16.4 Å². The third-order valence-electron chi connectivity index (χ3n) is 6.67. The summed E-state index contributed by atoms with van der Waals surface area (Å²) in [6.45, 7) is 0.883. The van der Waals surface area contributed by atoms with E-state index in [1.807, 2.05) is 0 Å². The summed E-state index contributed by atoms with van der Waals surface area (Å²) in [5.41, 5.74) is 1.27. The molecule has 1 atom stereocenters. The number of ether oxygens (including phenoxy) is 1. The van der Waals surface area contributed by atoms with Gasteiger partial charge in [-0.1, -0.05) is 25.0 Å². The van der Waals surface area contributed by atoms with Gasteiger partial charge in [-0.15, -0.1) is 0 Å². The predicted molar refractivity (Wildman–Crippen MR) is 118 cm³/mol. The largest absolute Gasteiger partial charge is 0.452 e. The number of carbonyl (C=O) groups excluding carboxylic acids is 3. The van der Waals surface area contributed by atoms with Crippen molar-refractivity contribution in [3.8, 4) is 0 Å². The summed E-state index contributed by atoms with van der Waals surface area (Å²) in [5, 5.41) is 0. The molecule has 1 unspecified atom stereocenters. The zero-order valence-electron chi connectivity index (χ0n) is 18.2. The van der Waals surface area contributed by atoms with Gasteiger partial charge in [0, 0.05) is 31.6 Å². The minimum atomic E-state index is -3.12. The van der Waals surface area contributed by atoms with Crippen LogP contribution in [0.5, 0.6) is 0 Å². The number of rotatable bonds is 7. The average Bonchev–Trinajstić information content (AvgIpc) is 3.50. The summed E-state index contributed by atoms with van der Waals surface area (Å²) < 4.78 is 29.2. The number of hydrogen-bond acceptors (Lipinski definition) is 6. The first kappa shape index (κ1) is 22.8. The highest BCUT2D eigenvalue weighted by atomic mass is 32.2. The van der Waals surface area contributed by atoms with Gasteiger partial charge < -0.3 is 14.5 Å². The van der Waals surface area contributed by atoms with Crippen molar-refractivity contribution in [3.05, 3.63) is 35.4 Å². The van der Waals surface area contributed by atoms with Crippen molar-refractivity contribution in [2.45, 2.75) is 63.6 Å². The molecule has 1 aromatic rings. The Morgan fingerprint density at radius 3 is 2.34 bits per heavy atom. The monoisotopic (exact) mass is 462 g/mol. The number of benzene rings is 1. The summed E-state index contributed by atoms with van der Waals surface area (Å²) in [7, 11) is -3.12. The van der Waals surface area contributed by atoms with E-state index in [2.05, 4.69) is 0 Å². The normalized spacial score (nSPS) is 22.9. The van der Waals surface area contributed by atoms with Crippen molar-refractivity contribution in [1.29, 1.82) is 0 Å². The van der Waals surface area contributed by atoms with Gasteiger partial charge >= 0.3 is 5.97 Å². The average molecular weight is 463 g/mol. The molecule has 3 aliphatic rings. The Morgan fingerprint density at radius 2 is 1.75 bits per heavy atom. The molecular weight excluding hydrogens is 432 g/mol. The first-order valence-corrected chi connectivity index (χ1v) is 13.2. The number of carbonyl (C=O) groups is 3. The van der Waals surface area contributed by atoms with Gasteiger partial charge in [-0.2, -0.15) is 0 Å². The van der Waals surface area contributed by atoms with Gasteiger partial charge in [0.1, 0.15) is 0 Å². The quantitative estimate of drug-likeness (QED) is 0.574. The third-order valence-corrected chi connectivity index (χ3v) is 8.42. The van der Waals surface area contributed by atoms with Crippen molar-refractivity contribution < 1.29 is 27.5 Å². The molecule has 2 saturated heterocycles. The van der Waals surface area contributed by atoms with Gasteiger partial charge in [0.2, 0.25) is 5.91 Å². The lowest BCUT2D eigenvalue weighted by molar-refractivity contribution is -0.139. The fourth-order valence-corrected chi connectivity index (χ4v) is 6.72. The molecule has 1 aromatic carbocycles. The van der Waals surface area contributed by atoms with Crippen LogP contribution in [-0.2, 0) is 30.7 Å². The molecule has 0 radical (unpaired) electrons. The second kappa shape index (κ2) is 9.60. The molecule has 3 fully saturated rings. The van der Waals surface area contributed by atoms with Crippen molar-refractivity contribution in [2.75, 3.05) is 24.7 Å². The van der Waals surface area contributed by atoms with E-state index in [9.17, 15) is 22.8 Å². The van der Waals surface area contributed by atoms with Crippen LogP contribution in [0.1, 0.15) is 60.9 Å². The van der Waals surface area contributed by atoms with E-state index in [1.54, 1.807) is 34.1 Å². The molecule has 0 N–H and O–H groups in total. The summed E-state index contributed by atoms with van der Waals surface area (Å²) in [5.74, 6) is -0.675. The summed E-state index contributed by atoms with van der Waals surface area (Å²) >= 11 is 0. The molecule has 2 heterocycles. The molecule has 9 heteroatoms. The lowest BCUT2D eigenvalue weighted by Gasteiger charge is -2.33. The zero-order valence-corrected chi connectivity index (χ0v) is 19.0. The molecule has 4 rings (SSSR count). The molecule has 0 aromatic heterocycles. The fourth-order valence-electron chi connectivity index (χ4n) is 5.01. The molecule has 0 bridgehead atoms. The molecule has 8 nitrogen and oxygen atoms in total. The standard InChI is InChI=1S/C23H30N2O6S/c26-21-6-3-12-24(21)14-17-7-9-18(10-8-17)23(28)31-15-22(27)25(19-4-1-2-5-19)20-11-13-32(29,30)16-20/h7-10,19-20H,1-6,11-16H2. The zero-order chi connectivity index (χ0) is 22.7. The number of hydrogen-bond donors (Lipinski definition) is 0. The Hall–Kier alpha value is -2.42. The van der Waals surface area contributed by atoms with Crippen molar-refractivity contribution >= 4 is 27.6 Å². The highest BCUT2D eigenvalue weighted by Crippen LogP contribution is 2.29. The summed E-state index contributed by atoms with van der Waals surface area (Å²) in [6, 6.07) is 6.55. The Balaban J connectivity index is 1.34. The van der Waals surface area contributed by atoms with Crippen molar-refractivity contribution in [1.82, 2.24) is 9.80 Å². The third kappa shape index (κ3) is 5.31. The highest BCUT2D eigenvalue weighted by molar-refractivity contribution is 7.91. The maximum atomic E-state index is 13.0. The van der Waals surface area contributed by atoms with Gasteiger partial charge in [-0.05, 0) is 43.4 Å². The number of esters is 1. The van der Waals surface area contributed by atoms with Gasteiger partial charge in [-0.3, -0.25) is 9.59 Å².